The van der Waals surface area contributed by atoms with Crippen LogP contribution in [0.3, 0.4) is 0 Å². The molecule has 0 saturated carbocycles. The molecule has 1 aromatic carbocycles. The van der Waals surface area contributed by atoms with E-state index >= 15 is 0 Å². The van der Waals surface area contributed by atoms with E-state index in [1.165, 1.54) is 103 Å². The van der Waals surface area contributed by atoms with Crippen LogP contribution in [-0.2, 0) is 23.7 Å². The van der Waals surface area contributed by atoms with Crippen LogP contribution in [-0.4, -0.2) is 8.42 Å². The second-order valence-electron chi connectivity index (χ2n) is 9.61. The average Bonchev–Trinajstić information content (AvgIpc) is 2.76. The van der Waals surface area contributed by atoms with Crippen LogP contribution < -0.4 is 0 Å². The van der Waals surface area contributed by atoms with E-state index in [0.29, 0.717) is 10.8 Å². The molecule has 0 fully saturated rings. The van der Waals surface area contributed by atoms with Crippen LogP contribution in [0.2, 0.25) is 5.02 Å². The van der Waals surface area contributed by atoms with Gasteiger partial charge < -0.3 is 0 Å². The van der Waals surface area contributed by atoms with Crippen LogP contribution in [0.4, 0.5) is 0 Å². The van der Waals surface area contributed by atoms with Crippen molar-refractivity contribution >= 4 is 7.83 Å². The number of aryl methyl sites for hydroxylation is 1. The van der Waals surface area contributed by atoms with Crippen LogP contribution >= 0.6 is 0 Å². The minimum absolute atomic E-state index is 0.573. The zero-order valence-electron chi connectivity index (χ0n) is 20.8. The molecule has 1 atom stereocenters. The monoisotopic (exact) mass is 500 g/mol. The number of hydrogen-bond donors (Lipinski definition) is 0. The van der Waals surface area contributed by atoms with Gasteiger partial charge in [0.05, 0.1) is 0 Å². The van der Waals surface area contributed by atoms with Crippen LogP contribution in [0.5, 0.6) is 0 Å². The maximum atomic E-state index is 12.9. The Morgan fingerprint density at radius 2 is 1.10 bits per heavy atom. The van der Waals surface area contributed by atoms with Gasteiger partial charge in [-0.25, -0.2) is 0 Å². The summed E-state index contributed by atoms with van der Waals surface area (Å²) >= 11 is -1.65. The zero-order valence-corrected chi connectivity index (χ0v) is 24.6. The molecule has 0 radical (unpaired) electrons. The Morgan fingerprint density at radius 1 is 0.677 bits per heavy atom. The van der Waals surface area contributed by atoms with Crippen LogP contribution in [0.25, 0.3) is 0 Å². The first kappa shape index (κ1) is 28.8. The third-order valence-electron chi connectivity index (χ3n) is 6.61. The SMILES string of the molecule is CCCCCCCCCCC(CCCCCCCC)[CH2][Zn][S](=O)(=O)c1ccc(C)cc1. The van der Waals surface area contributed by atoms with Crippen molar-refractivity contribution in [1.82, 2.24) is 0 Å². The molecule has 4 heteroatoms. The Balaban J connectivity index is 2.42. The van der Waals surface area contributed by atoms with Crippen molar-refractivity contribution in [1.29, 1.82) is 0 Å². The Labute approximate surface area is 200 Å². The summed E-state index contributed by atoms with van der Waals surface area (Å²) in [6.07, 6.45) is 21.3. The van der Waals surface area contributed by atoms with Gasteiger partial charge in [-0.1, -0.05) is 0 Å². The molecule has 0 bridgehead atoms. The van der Waals surface area contributed by atoms with Gasteiger partial charge >= 0.3 is 201 Å². The van der Waals surface area contributed by atoms with Gasteiger partial charge in [-0.05, 0) is 0 Å². The van der Waals surface area contributed by atoms with E-state index < -0.39 is 23.7 Å². The quantitative estimate of drug-likeness (QED) is 0.132. The first-order valence-electron chi connectivity index (χ1n) is 13.3. The summed E-state index contributed by atoms with van der Waals surface area (Å²) in [4.78, 5) is 0.573. The Morgan fingerprint density at radius 3 is 1.55 bits per heavy atom. The maximum absolute atomic E-state index is 12.9. The molecule has 1 aromatic rings. The van der Waals surface area contributed by atoms with Gasteiger partial charge in [0.15, 0.2) is 0 Å². The fraction of sp³-hybridized carbons (Fsp3) is 0.778. The molecule has 2 nitrogen and oxygen atoms in total. The van der Waals surface area contributed by atoms with Crippen molar-refractivity contribution < 1.29 is 24.3 Å². The summed E-state index contributed by atoms with van der Waals surface area (Å²) in [7, 11) is -2.98. The molecular formula is C27H48O2SZn. The molecule has 31 heavy (non-hydrogen) atoms. The van der Waals surface area contributed by atoms with Crippen molar-refractivity contribution in [3.63, 3.8) is 0 Å². The number of hydrogen-bond acceptors (Lipinski definition) is 2. The van der Waals surface area contributed by atoms with Gasteiger partial charge in [-0.2, -0.15) is 0 Å². The van der Waals surface area contributed by atoms with Gasteiger partial charge in [-0.15, -0.1) is 0 Å². The third-order valence-corrected chi connectivity index (χ3v) is 17.0. The summed E-state index contributed by atoms with van der Waals surface area (Å²) in [5, 5.41) is 1.01. The molecule has 0 aliphatic heterocycles. The van der Waals surface area contributed by atoms with Gasteiger partial charge in [0, 0.05) is 0 Å². The predicted molar refractivity (Wildman–Crippen MR) is 132 cm³/mol. The minimum atomic E-state index is -2.98. The molecule has 0 aliphatic carbocycles. The van der Waals surface area contributed by atoms with Gasteiger partial charge in [0.1, 0.15) is 0 Å². The molecule has 1 unspecified atom stereocenters. The number of benzene rings is 1. The van der Waals surface area contributed by atoms with Gasteiger partial charge in [0.25, 0.3) is 0 Å². The van der Waals surface area contributed by atoms with Crippen molar-refractivity contribution in [3.05, 3.63) is 29.8 Å². The normalized spacial score (nSPS) is 12.6. The molecule has 0 aromatic heterocycles. The average molecular weight is 502 g/mol. The van der Waals surface area contributed by atoms with Crippen molar-refractivity contribution in [3.8, 4) is 0 Å². The second-order valence-corrected chi connectivity index (χ2v) is 20.3. The van der Waals surface area contributed by atoms with E-state index in [1.807, 2.05) is 31.2 Å². The molecule has 0 heterocycles. The molecule has 0 aliphatic rings. The van der Waals surface area contributed by atoms with E-state index in [2.05, 4.69) is 13.8 Å². The molecule has 176 valence electrons. The van der Waals surface area contributed by atoms with Crippen LogP contribution in [0.15, 0.2) is 29.2 Å². The van der Waals surface area contributed by atoms with Crippen molar-refractivity contribution in [2.45, 2.75) is 133 Å². The first-order valence-corrected chi connectivity index (χ1v) is 20.7. The molecular weight excluding hydrogens is 454 g/mol. The Hall–Kier alpha value is -0.207. The molecule has 0 spiro atoms. The first-order chi connectivity index (χ1) is 15.0. The standard InChI is InChI=1S/C20H41.C7H7O2S.Zn/c1-4-6-8-10-12-13-15-17-19-20(3)18-16-14-11-9-7-5-2;1-6-2-4-7(5-3-6)10(8)9;/h20H,3-19H2,1-2H3;2-5H,1H3;. The van der Waals surface area contributed by atoms with Crippen LogP contribution in [0, 0.1) is 12.8 Å². The number of rotatable bonds is 20. The van der Waals surface area contributed by atoms with Crippen molar-refractivity contribution in [2.75, 3.05) is 0 Å². The van der Waals surface area contributed by atoms with E-state index in [0.717, 1.165) is 10.6 Å². The van der Waals surface area contributed by atoms with Gasteiger partial charge in [-0.3, -0.25) is 0 Å². The topological polar surface area (TPSA) is 34.1 Å². The zero-order chi connectivity index (χ0) is 22.8. The van der Waals surface area contributed by atoms with E-state index in [9.17, 15) is 8.42 Å². The Kier molecular flexibility index (Phi) is 17.0. The third kappa shape index (κ3) is 14.5. The van der Waals surface area contributed by atoms with E-state index in [1.54, 1.807) is 0 Å². The number of unbranched alkanes of at least 4 members (excludes halogenated alkanes) is 12. The summed E-state index contributed by atoms with van der Waals surface area (Å²) in [5.74, 6) is 0.645. The predicted octanol–water partition coefficient (Wildman–Crippen LogP) is 9.08. The fourth-order valence-electron chi connectivity index (χ4n) is 4.40. The van der Waals surface area contributed by atoms with E-state index in [4.69, 9.17) is 0 Å². The van der Waals surface area contributed by atoms with Crippen molar-refractivity contribution in [2.24, 2.45) is 5.92 Å². The van der Waals surface area contributed by atoms with Gasteiger partial charge in [0.2, 0.25) is 0 Å². The summed E-state index contributed by atoms with van der Waals surface area (Å²) in [6.45, 7) is 6.55. The summed E-state index contributed by atoms with van der Waals surface area (Å²) in [5.41, 5.74) is 1.13. The molecule has 0 saturated heterocycles. The summed E-state index contributed by atoms with van der Waals surface area (Å²) in [6, 6.07) is 7.50. The summed E-state index contributed by atoms with van der Waals surface area (Å²) < 4.78 is 25.8. The van der Waals surface area contributed by atoms with Crippen LogP contribution in [0.1, 0.15) is 122 Å². The van der Waals surface area contributed by atoms with E-state index in [-0.39, 0.29) is 0 Å². The Bertz CT molecular complexity index is 640. The fourth-order valence-corrected chi connectivity index (χ4v) is 13.8. The second kappa shape index (κ2) is 18.2. The molecule has 0 N–H and O–H groups in total. The molecule has 1 rings (SSSR count). The molecule has 0 amide bonds.